The number of fused-ring (bicyclic) bond motifs is 6. The van der Waals surface area contributed by atoms with E-state index >= 15 is 0 Å². The van der Waals surface area contributed by atoms with Gasteiger partial charge < -0.3 is 0 Å². The van der Waals surface area contributed by atoms with E-state index in [1.54, 1.807) is 0 Å². The molecule has 0 saturated heterocycles. The van der Waals surface area contributed by atoms with Crippen LogP contribution < -0.4 is 0 Å². The van der Waals surface area contributed by atoms with Gasteiger partial charge >= 0.3 is 0 Å². The van der Waals surface area contributed by atoms with Gasteiger partial charge in [0.2, 0.25) is 0 Å². The molecule has 0 nitrogen and oxygen atoms in total. The molecule has 0 bridgehead atoms. The van der Waals surface area contributed by atoms with Gasteiger partial charge in [0, 0.05) is 10.8 Å². The fourth-order valence-electron chi connectivity index (χ4n) is 11.1. The van der Waals surface area contributed by atoms with Crippen LogP contribution in [0.4, 0.5) is 0 Å². The Morgan fingerprint density at radius 3 is 0.759 bits per heavy atom. The van der Waals surface area contributed by atoms with Crippen LogP contribution in [-0.4, -0.2) is 0 Å². The Balaban J connectivity index is 1.21. The van der Waals surface area contributed by atoms with Crippen LogP contribution in [-0.2, 0) is 21.7 Å². The standard InChI is InChI=1S/C58H66/c1-11-31-57(32-12-2)51-35-41(39-15-23-45(24-16-39)55(5,6)7)19-27-47(51)49-29-21-43(37-53(49)57)44-22-30-50-48-28-20-42(40-17-25-46(26-18-40)56(8,9)10)36-52(48)58(33-13-3,34-14-4)54(50)38-44/h15-30,35-38H,11-14,31-34H2,1-10H3. The quantitative estimate of drug-likeness (QED) is 0.123. The molecular weight excluding hydrogens is 697 g/mol. The molecule has 0 amide bonds. The molecule has 0 saturated carbocycles. The summed E-state index contributed by atoms with van der Waals surface area (Å²) in [6.07, 6.45) is 9.27. The van der Waals surface area contributed by atoms with Crippen molar-refractivity contribution in [1.82, 2.24) is 0 Å². The molecular formula is C58H66. The molecule has 0 heteroatoms. The van der Waals surface area contributed by atoms with Gasteiger partial charge in [-0.15, -0.1) is 0 Å². The highest BCUT2D eigenvalue weighted by molar-refractivity contribution is 5.89. The van der Waals surface area contributed by atoms with E-state index < -0.39 is 0 Å². The van der Waals surface area contributed by atoms with Crippen LogP contribution in [0, 0.1) is 0 Å². The number of hydrogen-bond acceptors (Lipinski definition) is 0. The molecule has 0 unspecified atom stereocenters. The largest absolute Gasteiger partial charge is 0.0653 e. The van der Waals surface area contributed by atoms with E-state index in [2.05, 4.69) is 191 Å². The van der Waals surface area contributed by atoms with Gasteiger partial charge in [-0.05, 0) is 150 Å². The van der Waals surface area contributed by atoms with Crippen molar-refractivity contribution in [2.45, 2.75) is 142 Å². The van der Waals surface area contributed by atoms with Crippen molar-refractivity contribution in [1.29, 1.82) is 0 Å². The summed E-state index contributed by atoms with van der Waals surface area (Å²) in [5, 5.41) is 0. The molecule has 6 aromatic carbocycles. The maximum Gasteiger partial charge on any atom is 0.0215 e. The average Bonchev–Trinajstić information content (AvgIpc) is 3.63. The molecule has 0 aromatic heterocycles. The minimum Gasteiger partial charge on any atom is -0.0653 e. The third kappa shape index (κ3) is 6.69. The van der Waals surface area contributed by atoms with Crippen LogP contribution in [0.25, 0.3) is 55.6 Å². The van der Waals surface area contributed by atoms with E-state index in [0.717, 1.165) is 51.4 Å². The molecule has 0 heterocycles. The summed E-state index contributed by atoms with van der Waals surface area (Å²) >= 11 is 0. The maximum absolute atomic E-state index is 2.60. The van der Waals surface area contributed by atoms with E-state index in [1.165, 1.54) is 89.0 Å². The molecule has 0 N–H and O–H groups in total. The molecule has 2 aliphatic carbocycles. The minimum atomic E-state index is 0.00810. The lowest BCUT2D eigenvalue weighted by atomic mass is 9.70. The lowest BCUT2D eigenvalue weighted by Gasteiger charge is -2.33. The van der Waals surface area contributed by atoms with Crippen molar-refractivity contribution < 1.29 is 0 Å². The van der Waals surface area contributed by atoms with Gasteiger partial charge in [-0.1, -0.05) is 192 Å². The fourth-order valence-corrected chi connectivity index (χ4v) is 11.1. The highest BCUT2D eigenvalue weighted by Gasteiger charge is 2.44. The van der Waals surface area contributed by atoms with Crippen LogP contribution in [0.1, 0.15) is 154 Å². The first-order chi connectivity index (χ1) is 27.8. The second-order valence-electron chi connectivity index (χ2n) is 19.9. The Morgan fingerprint density at radius 1 is 0.310 bits per heavy atom. The first kappa shape index (κ1) is 40.1. The SMILES string of the molecule is CCCC1(CCC)c2cc(-c3ccc(C(C)(C)C)cc3)ccc2-c2ccc(-c3ccc4c(c3)C(CCC)(CCC)c3cc(-c5ccc(C(C)(C)C)cc5)ccc3-4)cc21. The predicted molar refractivity (Wildman–Crippen MR) is 252 cm³/mol. The zero-order chi connectivity index (χ0) is 41.0. The van der Waals surface area contributed by atoms with Crippen molar-refractivity contribution in [3.05, 3.63) is 155 Å². The van der Waals surface area contributed by atoms with Crippen molar-refractivity contribution >= 4 is 0 Å². The summed E-state index contributed by atoms with van der Waals surface area (Å²) in [6, 6.07) is 48.3. The van der Waals surface area contributed by atoms with Crippen LogP contribution in [0.5, 0.6) is 0 Å². The predicted octanol–water partition coefficient (Wildman–Crippen LogP) is 17.0. The molecule has 6 aromatic rings. The van der Waals surface area contributed by atoms with Crippen molar-refractivity contribution in [3.8, 4) is 55.6 Å². The lowest BCUT2D eigenvalue weighted by Crippen LogP contribution is -2.25. The van der Waals surface area contributed by atoms with E-state index in [4.69, 9.17) is 0 Å². The minimum absolute atomic E-state index is 0.00810. The highest BCUT2D eigenvalue weighted by atomic mass is 14.5. The summed E-state index contributed by atoms with van der Waals surface area (Å²) in [6.45, 7) is 23.3. The van der Waals surface area contributed by atoms with Crippen LogP contribution in [0.2, 0.25) is 0 Å². The van der Waals surface area contributed by atoms with Crippen LogP contribution in [0.15, 0.2) is 121 Å². The molecule has 58 heavy (non-hydrogen) atoms. The van der Waals surface area contributed by atoms with Crippen LogP contribution in [0.3, 0.4) is 0 Å². The Bertz CT molecular complexity index is 2250. The van der Waals surface area contributed by atoms with Gasteiger partial charge in [0.05, 0.1) is 0 Å². The van der Waals surface area contributed by atoms with Crippen molar-refractivity contribution in [2.75, 3.05) is 0 Å². The summed E-state index contributed by atoms with van der Waals surface area (Å²) in [7, 11) is 0. The fraction of sp³-hybridized carbons (Fsp3) is 0.379. The highest BCUT2D eigenvalue weighted by Crippen LogP contribution is 2.57. The van der Waals surface area contributed by atoms with Crippen molar-refractivity contribution in [3.63, 3.8) is 0 Å². The first-order valence-electron chi connectivity index (χ1n) is 22.6. The van der Waals surface area contributed by atoms with Gasteiger partial charge in [0.25, 0.3) is 0 Å². The summed E-state index contributed by atoms with van der Waals surface area (Å²) in [5.41, 5.74) is 22.9. The normalized spacial score (nSPS) is 14.9. The molecule has 0 radical (unpaired) electrons. The summed E-state index contributed by atoms with van der Waals surface area (Å²) < 4.78 is 0. The van der Waals surface area contributed by atoms with Crippen LogP contribution >= 0.6 is 0 Å². The number of benzene rings is 6. The molecule has 0 spiro atoms. The third-order valence-corrected chi connectivity index (χ3v) is 13.9. The zero-order valence-electron chi connectivity index (χ0n) is 37.2. The Kier molecular flexibility index (Phi) is 10.5. The van der Waals surface area contributed by atoms with E-state index in [9.17, 15) is 0 Å². The number of hydrogen-bond donors (Lipinski definition) is 0. The molecule has 2 aliphatic rings. The van der Waals surface area contributed by atoms with Gasteiger partial charge in [-0.3, -0.25) is 0 Å². The average molecular weight is 763 g/mol. The summed E-state index contributed by atoms with van der Waals surface area (Å²) in [5.74, 6) is 0. The lowest BCUT2D eigenvalue weighted by molar-refractivity contribution is 0.435. The van der Waals surface area contributed by atoms with Gasteiger partial charge in [0.15, 0.2) is 0 Å². The van der Waals surface area contributed by atoms with Gasteiger partial charge in [-0.2, -0.15) is 0 Å². The van der Waals surface area contributed by atoms with E-state index in [-0.39, 0.29) is 21.7 Å². The summed E-state index contributed by atoms with van der Waals surface area (Å²) in [4.78, 5) is 0. The Morgan fingerprint density at radius 2 is 0.534 bits per heavy atom. The van der Waals surface area contributed by atoms with E-state index in [1.807, 2.05) is 0 Å². The second kappa shape index (κ2) is 15.2. The zero-order valence-corrected chi connectivity index (χ0v) is 37.2. The molecule has 0 fully saturated rings. The third-order valence-electron chi connectivity index (χ3n) is 13.9. The Labute approximate surface area is 351 Å². The van der Waals surface area contributed by atoms with Crippen molar-refractivity contribution in [2.24, 2.45) is 0 Å². The van der Waals surface area contributed by atoms with Gasteiger partial charge in [-0.25, -0.2) is 0 Å². The smallest absolute Gasteiger partial charge is 0.0215 e. The first-order valence-corrected chi connectivity index (χ1v) is 22.6. The molecule has 298 valence electrons. The van der Waals surface area contributed by atoms with Gasteiger partial charge in [0.1, 0.15) is 0 Å². The Hall–Kier alpha value is -4.68. The van der Waals surface area contributed by atoms with E-state index in [0.29, 0.717) is 0 Å². The molecule has 0 atom stereocenters. The molecule has 0 aliphatic heterocycles. The molecule has 8 rings (SSSR count). The number of rotatable bonds is 11. The maximum atomic E-state index is 2.60. The topological polar surface area (TPSA) is 0 Å². The monoisotopic (exact) mass is 763 g/mol. The second-order valence-corrected chi connectivity index (χ2v) is 19.9.